The third-order valence-corrected chi connectivity index (χ3v) is 3.99. The number of carbonyl (C=O) groups excluding carboxylic acids is 1. The van der Waals surface area contributed by atoms with E-state index in [1.807, 2.05) is 0 Å². The number of pyridine rings is 2. The van der Waals surface area contributed by atoms with Gasteiger partial charge < -0.3 is 9.47 Å². The molecule has 9 nitrogen and oxygen atoms in total. The second-order valence-corrected chi connectivity index (χ2v) is 5.99. The highest BCUT2D eigenvalue weighted by Gasteiger charge is 2.17. The topological polar surface area (TPSA) is 104 Å². The van der Waals surface area contributed by atoms with Crippen LogP contribution in [0.3, 0.4) is 0 Å². The number of nitrogens with zero attached hydrogens (tertiary/aromatic N) is 6. The minimum absolute atomic E-state index is 0.0941. The Morgan fingerprint density at radius 2 is 2.00 bits per heavy atom. The minimum Gasteiger partial charge on any atom is -0.481 e. The first kappa shape index (κ1) is 17.5. The van der Waals surface area contributed by atoms with Crippen LogP contribution in [0.25, 0.3) is 5.65 Å². The number of hydrogen-bond acceptors (Lipinski definition) is 8. The Bertz CT molecular complexity index is 1140. The predicted octanol–water partition coefficient (Wildman–Crippen LogP) is 2.45. The molecule has 0 N–H and O–H groups in total. The van der Waals surface area contributed by atoms with Crippen LogP contribution in [0.4, 0.5) is 0 Å². The molecule has 0 unspecified atom stereocenters. The van der Waals surface area contributed by atoms with Crippen molar-refractivity contribution in [3.8, 4) is 17.4 Å². The first-order valence-corrected chi connectivity index (χ1v) is 8.45. The molecule has 0 aromatic carbocycles. The van der Waals surface area contributed by atoms with Crippen molar-refractivity contribution in [2.45, 2.75) is 13.3 Å². The van der Waals surface area contributed by atoms with Gasteiger partial charge in [0.05, 0.1) is 43.4 Å². The molecule has 9 heteroatoms. The van der Waals surface area contributed by atoms with Gasteiger partial charge in [-0.05, 0) is 19.1 Å². The lowest BCUT2D eigenvalue weighted by Gasteiger charge is -2.09. The van der Waals surface area contributed by atoms with Gasteiger partial charge in [0.15, 0.2) is 17.2 Å². The Balaban J connectivity index is 1.66. The smallest absolute Gasteiger partial charge is 0.213 e. The van der Waals surface area contributed by atoms with Crippen LogP contribution >= 0.6 is 0 Å². The number of aryl methyl sites for hydroxylation is 1. The molecule has 0 fully saturated rings. The molecule has 0 spiro atoms. The summed E-state index contributed by atoms with van der Waals surface area (Å²) in [4.78, 5) is 25.4. The molecule has 0 atom stereocenters. The lowest BCUT2D eigenvalue weighted by atomic mass is 10.1. The van der Waals surface area contributed by atoms with E-state index < -0.39 is 0 Å². The highest BCUT2D eigenvalue weighted by molar-refractivity contribution is 6.02. The van der Waals surface area contributed by atoms with Crippen molar-refractivity contribution in [3.63, 3.8) is 0 Å². The summed E-state index contributed by atoms with van der Waals surface area (Å²) >= 11 is 0. The molecule has 0 saturated carbocycles. The SMILES string of the molecule is COc1cccc(CC(=O)c2cc(Oc3cnc(C)nc3)cn3cnnc23)n1. The molecule has 4 rings (SSSR count). The van der Waals surface area contributed by atoms with Crippen molar-refractivity contribution in [3.05, 3.63) is 66.3 Å². The fourth-order valence-corrected chi connectivity index (χ4v) is 2.67. The maximum atomic E-state index is 12.9. The van der Waals surface area contributed by atoms with Crippen LogP contribution in [0.15, 0.2) is 49.2 Å². The van der Waals surface area contributed by atoms with Crippen LogP contribution in [-0.4, -0.2) is 42.4 Å². The van der Waals surface area contributed by atoms with Crippen molar-refractivity contribution >= 4 is 11.4 Å². The van der Waals surface area contributed by atoms with E-state index in [1.165, 1.54) is 13.4 Å². The molecular formula is C19H16N6O3. The summed E-state index contributed by atoms with van der Waals surface area (Å²) in [6, 6.07) is 6.92. The first-order valence-electron chi connectivity index (χ1n) is 8.45. The van der Waals surface area contributed by atoms with Crippen molar-refractivity contribution in [1.29, 1.82) is 0 Å². The van der Waals surface area contributed by atoms with E-state index in [0.29, 0.717) is 40.1 Å². The number of Topliss-reactive ketones (excluding diaryl/α,β-unsaturated/α-hetero) is 1. The second-order valence-electron chi connectivity index (χ2n) is 5.99. The fourth-order valence-electron chi connectivity index (χ4n) is 2.67. The van der Waals surface area contributed by atoms with Crippen LogP contribution in [0.5, 0.6) is 17.4 Å². The van der Waals surface area contributed by atoms with Gasteiger partial charge in [0, 0.05) is 6.07 Å². The number of aromatic nitrogens is 6. The lowest BCUT2D eigenvalue weighted by molar-refractivity contribution is 0.0992. The van der Waals surface area contributed by atoms with Gasteiger partial charge in [0.25, 0.3) is 0 Å². The fraction of sp³-hybridized carbons (Fsp3) is 0.158. The number of methoxy groups -OCH3 is 1. The molecule has 0 aliphatic heterocycles. The zero-order valence-electron chi connectivity index (χ0n) is 15.2. The average Bonchev–Trinajstić information content (AvgIpc) is 3.18. The second kappa shape index (κ2) is 7.39. The van der Waals surface area contributed by atoms with Gasteiger partial charge in [-0.2, -0.15) is 0 Å². The van der Waals surface area contributed by atoms with Crippen LogP contribution in [0, 0.1) is 6.92 Å². The Morgan fingerprint density at radius 1 is 1.18 bits per heavy atom. The first-order chi connectivity index (χ1) is 13.6. The van der Waals surface area contributed by atoms with Crippen molar-refractivity contribution in [1.82, 2.24) is 29.5 Å². The van der Waals surface area contributed by atoms with Gasteiger partial charge in [-0.3, -0.25) is 9.20 Å². The number of carbonyl (C=O) groups is 1. The zero-order valence-corrected chi connectivity index (χ0v) is 15.2. The van der Waals surface area contributed by atoms with E-state index in [4.69, 9.17) is 9.47 Å². The molecule has 0 amide bonds. The monoisotopic (exact) mass is 376 g/mol. The third-order valence-electron chi connectivity index (χ3n) is 3.99. The third kappa shape index (κ3) is 3.63. The van der Waals surface area contributed by atoms with Crippen LogP contribution in [0.2, 0.25) is 0 Å². The highest BCUT2D eigenvalue weighted by atomic mass is 16.5. The molecule has 0 aliphatic rings. The highest BCUT2D eigenvalue weighted by Crippen LogP contribution is 2.24. The normalized spacial score (nSPS) is 10.8. The molecular weight excluding hydrogens is 360 g/mol. The van der Waals surface area contributed by atoms with E-state index in [0.717, 1.165) is 0 Å². The summed E-state index contributed by atoms with van der Waals surface area (Å²) in [5.41, 5.74) is 1.42. The number of hydrogen-bond donors (Lipinski definition) is 0. The number of ketones is 1. The summed E-state index contributed by atoms with van der Waals surface area (Å²) in [5.74, 6) is 1.84. The van der Waals surface area contributed by atoms with E-state index in [1.54, 1.807) is 54.2 Å². The molecule has 4 aromatic rings. The van der Waals surface area contributed by atoms with E-state index in [-0.39, 0.29) is 12.2 Å². The van der Waals surface area contributed by atoms with E-state index in [9.17, 15) is 4.79 Å². The largest absolute Gasteiger partial charge is 0.481 e. The maximum Gasteiger partial charge on any atom is 0.213 e. The van der Waals surface area contributed by atoms with Gasteiger partial charge in [-0.15, -0.1) is 10.2 Å². The standard InChI is InChI=1S/C19H16N6O3/c1-12-20-8-15(9-21-12)28-14-7-16(19-24-22-11-25(19)10-14)17(26)6-13-4-3-5-18(23-13)27-2/h3-5,7-11H,6H2,1-2H3. The summed E-state index contributed by atoms with van der Waals surface area (Å²) in [7, 11) is 1.53. The quantitative estimate of drug-likeness (QED) is 0.473. The van der Waals surface area contributed by atoms with E-state index >= 15 is 0 Å². The van der Waals surface area contributed by atoms with Crippen LogP contribution in [0.1, 0.15) is 21.9 Å². The number of ether oxygens (including phenoxy) is 2. The summed E-state index contributed by atoms with van der Waals surface area (Å²) in [6.07, 6.45) is 6.43. The maximum absolute atomic E-state index is 12.9. The number of rotatable bonds is 6. The van der Waals surface area contributed by atoms with Gasteiger partial charge in [-0.1, -0.05) is 6.07 Å². The molecule has 28 heavy (non-hydrogen) atoms. The molecule has 0 radical (unpaired) electrons. The van der Waals surface area contributed by atoms with Crippen molar-refractivity contribution in [2.24, 2.45) is 0 Å². The lowest BCUT2D eigenvalue weighted by Crippen LogP contribution is -2.08. The molecule has 0 saturated heterocycles. The molecule has 0 aliphatic carbocycles. The summed E-state index contributed by atoms with van der Waals surface area (Å²) in [5, 5.41) is 7.93. The average molecular weight is 376 g/mol. The Kier molecular flexibility index (Phi) is 4.63. The zero-order chi connectivity index (χ0) is 19.5. The number of fused-ring (bicyclic) bond motifs is 1. The van der Waals surface area contributed by atoms with Crippen molar-refractivity contribution in [2.75, 3.05) is 7.11 Å². The Hall–Kier alpha value is -3.88. The van der Waals surface area contributed by atoms with Gasteiger partial charge in [0.1, 0.15) is 17.9 Å². The van der Waals surface area contributed by atoms with E-state index in [2.05, 4.69) is 25.1 Å². The molecule has 140 valence electrons. The Morgan fingerprint density at radius 3 is 2.79 bits per heavy atom. The summed E-state index contributed by atoms with van der Waals surface area (Å²) < 4.78 is 12.5. The van der Waals surface area contributed by atoms with Crippen molar-refractivity contribution < 1.29 is 14.3 Å². The van der Waals surface area contributed by atoms with Gasteiger partial charge >= 0.3 is 0 Å². The van der Waals surface area contributed by atoms with Crippen LogP contribution < -0.4 is 9.47 Å². The van der Waals surface area contributed by atoms with Gasteiger partial charge in [-0.25, -0.2) is 15.0 Å². The van der Waals surface area contributed by atoms with Gasteiger partial charge in [0.2, 0.25) is 5.88 Å². The molecule has 0 bridgehead atoms. The summed E-state index contributed by atoms with van der Waals surface area (Å²) in [6.45, 7) is 1.79. The van der Waals surface area contributed by atoms with Crippen LogP contribution in [-0.2, 0) is 6.42 Å². The molecule has 4 aromatic heterocycles. The minimum atomic E-state index is -0.163. The molecule has 4 heterocycles. The predicted molar refractivity (Wildman–Crippen MR) is 98.7 cm³/mol. The Labute approximate surface area is 160 Å².